The normalized spacial score (nSPS) is 11.4. The first-order valence-corrected chi connectivity index (χ1v) is 9.22. The zero-order chi connectivity index (χ0) is 20.8. The molecule has 0 aromatic heterocycles. The molecule has 0 bridgehead atoms. The van der Waals surface area contributed by atoms with E-state index in [2.05, 4.69) is 0 Å². The Balaban J connectivity index is 2.17. The molecule has 0 saturated carbocycles. The van der Waals surface area contributed by atoms with E-state index in [0.29, 0.717) is 22.6 Å². The molecule has 1 amide bonds. The quantitative estimate of drug-likeness (QED) is 0.330. The molecule has 0 heterocycles. The maximum atomic E-state index is 13.4. The minimum Gasteiger partial charge on any atom is -0.497 e. The van der Waals surface area contributed by atoms with Crippen LogP contribution in [0.5, 0.6) is 5.75 Å². The molecule has 3 aromatic rings. The van der Waals surface area contributed by atoms with Gasteiger partial charge in [-0.3, -0.25) is 19.3 Å². The van der Waals surface area contributed by atoms with Crippen molar-refractivity contribution in [2.75, 3.05) is 12.0 Å². The fourth-order valence-corrected chi connectivity index (χ4v) is 3.13. The van der Waals surface area contributed by atoms with E-state index in [1.165, 1.54) is 7.11 Å². The largest absolute Gasteiger partial charge is 0.497 e. The van der Waals surface area contributed by atoms with Crippen molar-refractivity contribution in [2.24, 2.45) is 0 Å². The average molecular weight is 408 g/mol. The molecule has 1 unspecified atom stereocenters. The van der Waals surface area contributed by atoms with Gasteiger partial charge in [-0.2, -0.15) is 0 Å². The number of ketones is 1. The van der Waals surface area contributed by atoms with Crippen molar-refractivity contribution in [3.63, 3.8) is 0 Å². The zero-order valence-corrected chi connectivity index (χ0v) is 16.4. The predicted molar refractivity (Wildman–Crippen MR) is 111 cm³/mol. The number of halogens is 1. The molecule has 0 spiro atoms. The summed E-state index contributed by atoms with van der Waals surface area (Å²) in [6, 6.07) is 22.8. The molecule has 0 aliphatic rings. The van der Waals surface area contributed by atoms with Gasteiger partial charge in [0.15, 0.2) is 5.78 Å². The van der Waals surface area contributed by atoms with Crippen LogP contribution >= 0.6 is 11.6 Å². The summed E-state index contributed by atoms with van der Waals surface area (Å²) < 4.78 is 5.16. The van der Waals surface area contributed by atoms with Crippen LogP contribution in [-0.2, 0) is 9.59 Å². The van der Waals surface area contributed by atoms with Crippen LogP contribution in [0.15, 0.2) is 84.9 Å². The van der Waals surface area contributed by atoms with Crippen molar-refractivity contribution in [3.05, 3.63) is 96.1 Å². The summed E-state index contributed by atoms with van der Waals surface area (Å²) in [5, 5.41) is -1.18. The number of anilines is 1. The smallest absolute Gasteiger partial charge is 0.311 e. The molecule has 1 atom stereocenters. The number of amides is 1. The third kappa shape index (κ3) is 4.52. The van der Waals surface area contributed by atoms with Crippen LogP contribution in [0.3, 0.4) is 0 Å². The highest BCUT2D eigenvalue weighted by Gasteiger charge is 2.35. The molecule has 0 aliphatic heterocycles. The second-order valence-electron chi connectivity index (χ2n) is 6.19. The molecule has 3 rings (SSSR count). The minimum absolute atomic E-state index is 0.334. The van der Waals surface area contributed by atoms with Crippen molar-refractivity contribution < 1.29 is 19.1 Å². The molecule has 0 N–H and O–H groups in total. The lowest BCUT2D eigenvalue weighted by Crippen LogP contribution is -2.41. The number of hydrogen-bond donors (Lipinski definition) is 0. The number of carbonyl (C=O) groups is 3. The van der Waals surface area contributed by atoms with Gasteiger partial charge in [0.2, 0.25) is 0 Å². The molecule has 5 nitrogen and oxygen atoms in total. The van der Waals surface area contributed by atoms with E-state index in [1.54, 1.807) is 84.9 Å². The predicted octanol–water partition coefficient (Wildman–Crippen LogP) is 4.42. The van der Waals surface area contributed by atoms with Gasteiger partial charge in [-0.1, -0.05) is 60.7 Å². The highest BCUT2D eigenvalue weighted by molar-refractivity contribution is 6.82. The summed E-state index contributed by atoms with van der Waals surface area (Å²) in [5.41, 5.74) is 1.32. The van der Waals surface area contributed by atoms with Gasteiger partial charge >= 0.3 is 11.1 Å². The lowest BCUT2D eigenvalue weighted by atomic mass is 9.95. The molecule has 0 aliphatic carbocycles. The average Bonchev–Trinajstić information content (AvgIpc) is 2.78. The zero-order valence-electron chi connectivity index (χ0n) is 15.6. The highest BCUT2D eigenvalue weighted by atomic mass is 35.5. The Labute approximate surface area is 173 Å². The van der Waals surface area contributed by atoms with E-state index < -0.39 is 17.2 Å². The lowest BCUT2D eigenvalue weighted by molar-refractivity contribution is -0.132. The van der Waals surface area contributed by atoms with Crippen LogP contribution in [0.2, 0.25) is 0 Å². The van der Waals surface area contributed by atoms with E-state index in [9.17, 15) is 14.4 Å². The molecular weight excluding hydrogens is 390 g/mol. The molecule has 0 fully saturated rings. The maximum absolute atomic E-state index is 13.4. The van der Waals surface area contributed by atoms with Gasteiger partial charge in [-0.25, -0.2) is 0 Å². The van der Waals surface area contributed by atoms with E-state index in [0.717, 1.165) is 4.90 Å². The second kappa shape index (κ2) is 9.17. The second-order valence-corrected chi connectivity index (χ2v) is 6.53. The van der Waals surface area contributed by atoms with Crippen molar-refractivity contribution in [3.8, 4) is 5.75 Å². The van der Waals surface area contributed by atoms with Crippen LogP contribution < -0.4 is 9.64 Å². The SMILES string of the molecule is COc1ccc(N(C(=O)C(=O)Cl)C(C(=O)c2ccccc2)c2ccccc2)cc1. The number of ether oxygens (including phenoxy) is 1. The first-order valence-electron chi connectivity index (χ1n) is 8.84. The van der Waals surface area contributed by atoms with Crippen molar-refractivity contribution in [1.82, 2.24) is 0 Å². The Morgan fingerprint density at radius 3 is 1.90 bits per heavy atom. The Hall–Kier alpha value is -3.44. The van der Waals surface area contributed by atoms with E-state index in [1.807, 2.05) is 0 Å². The molecule has 29 heavy (non-hydrogen) atoms. The molecule has 6 heteroatoms. The van der Waals surface area contributed by atoms with E-state index >= 15 is 0 Å². The number of rotatable bonds is 7. The van der Waals surface area contributed by atoms with Gasteiger partial charge in [-0.15, -0.1) is 0 Å². The number of Topliss-reactive ketones (excluding diaryl/α,β-unsaturated/α-hetero) is 1. The van der Waals surface area contributed by atoms with Gasteiger partial charge in [0.05, 0.1) is 7.11 Å². The van der Waals surface area contributed by atoms with Gasteiger partial charge in [0.25, 0.3) is 0 Å². The van der Waals surface area contributed by atoms with Crippen LogP contribution in [0.25, 0.3) is 0 Å². The molecule has 146 valence electrons. The standard InChI is InChI=1S/C23H18ClNO4/c1-29-19-14-12-18(13-15-19)25(23(28)22(24)27)20(16-8-4-2-5-9-16)21(26)17-10-6-3-7-11-17/h2-15,20H,1H3. The van der Waals surface area contributed by atoms with Gasteiger partial charge < -0.3 is 4.74 Å². The van der Waals surface area contributed by atoms with Crippen LogP contribution in [0.1, 0.15) is 22.0 Å². The summed E-state index contributed by atoms with van der Waals surface area (Å²) in [5.74, 6) is -0.752. The number of nitrogens with zero attached hydrogens (tertiary/aromatic N) is 1. The fourth-order valence-electron chi connectivity index (χ4n) is 3.03. The van der Waals surface area contributed by atoms with Gasteiger partial charge in [-0.05, 0) is 41.4 Å². The number of hydrogen-bond acceptors (Lipinski definition) is 4. The molecule has 3 aromatic carbocycles. The first-order chi connectivity index (χ1) is 14.0. The molecular formula is C23H18ClNO4. The lowest BCUT2D eigenvalue weighted by Gasteiger charge is -2.30. The molecule has 0 radical (unpaired) electrons. The molecule has 0 saturated heterocycles. The number of methoxy groups -OCH3 is 1. The topological polar surface area (TPSA) is 63.7 Å². The number of carbonyl (C=O) groups excluding carboxylic acids is 3. The summed E-state index contributed by atoms with van der Waals surface area (Å²) in [7, 11) is 1.52. The Morgan fingerprint density at radius 1 is 0.828 bits per heavy atom. The first kappa shape index (κ1) is 20.3. The van der Waals surface area contributed by atoms with E-state index in [-0.39, 0.29) is 5.78 Å². The van der Waals surface area contributed by atoms with Crippen LogP contribution in [-0.4, -0.2) is 24.0 Å². The summed E-state index contributed by atoms with van der Waals surface area (Å²) in [6.07, 6.45) is 0. The third-order valence-corrected chi connectivity index (χ3v) is 4.58. The number of benzene rings is 3. The Kier molecular flexibility index (Phi) is 6.42. The van der Waals surface area contributed by atoms with Crippen molar-refractivity contribution >= 4 is 34.2 Å². The summed E-state index contributed by atoms with van der Waals surface area (Å²) in [4.78, 5) is 39.2. The highest BCUT2D eigenvalue weighted by Crippen LogP contribution is 2.32. The Bertz CT molecular complexity index is 1000. The van der Waals surface area contributed by atoms with Gasteiger partial charge in [0, 0.05) is 11.3 Å². The summed E-state index contributed by atoms with van der Waals surface area (Å²) >= 11 is 5.55. The van der Waals surface area contributed by atoms with Crippen molar-refractivity contribution in [1.29, 1.82) is 0 Å². The Morgan fingerprint density at radius 2 is 1.38 bits per heavy atom. The van der Waals surface area contributed by atoms with Crippen LogP contribution in [0.4, 0.5) is 5.69 Å². The maximum Gasteiger partial charge on any atom is 0.311 e. The van der Waals surface area contributed by atoms with Crippen LogP contribution in [0, 0.1) is 0 Å². The third-order valence-electron chi connectivity index (χ3n) is 4.42. The van der Waals surface area contributed by atoms with E-state index in [4.69, 9.17) is 16.3 Å². The van der Waals surface area contributed by atoms with Crippen molar-refractivity contribution in [2.45, 2.75) is 6.04 Å². The fraction of sp³-hybridized carbons (Fsp3) is 0.0870. The van der Waals surface area contributed by atoms with Gasteiger partial charge in [0.1, 0.15) is 11.8 Å². The minimum atomic E-state index is -1.18. The summed E-state index contributed by atoms with van der Waals surface area (Å²) in [6.45, 7) is 0. The monoisotopic (exact) mass is 407 g/mol.